The van der Waals surface area contributed by atoms with Crippen molar-refractivity contribution >= 4 is 11.5 Å². The second kappa shape index (κ2) is 3.75. The lowest BCUT2D eigenvalue weighted by atomic mass is 10.1. The zero-order valence-corrected chi connectivity index (χ0v) is 8.52. The Balaban J connectivity index is 2.61. The van der Waals surface area contributed by atoms with Crippen molar-refractivity contribution in [1.82, 2.24) is 9.36 Å². The molecule has 7 heteroatoms. The van der Waals surface area contributed by atoms with Crippen molar-refractivity contribution < 1.29 is 13.2 Å². The molecule has 0 bridgehead atoms. The molecule has 0 atom stereocenters. The molecule has 0 radical (unpaired) electrons. The van der Waals surface area contributed by atoms with E-state index in [1.54, 1.807) is 0 Å². The summed E-state index contributed by atoms with van der Waals surface area (Å²) in [5.74, 6) is -0.0528. The van der Waals surface area contributed by atoms with Gasteiger partial charge >= 0.3 is 11.0 Å². The molecule has 2 rings (SSSR count). The lowest BCUT2D eigenvalue weighted by Gasteiger charge is -2.09. The van der Waals surface area contributed by atoms with Crippen molar-refractivity contribution in [2.75, 3.05) is 0 Å². The molecule has 84 valence electrons. The molecule has 16 heavy (non-hydrogen) atoms. The third-order valence-corrected chi connectivity index (χ3v) is 2.47. The monoisotopic (exact) mass is 246 g/mol. The molecule has 0 aliphatic carbocycles. The number of aromatic nitrogens is 2. The van der Waals surface area contributed by atoms with E-state index in [0.717, 1.165) is 6.07 Å². The van der Waals surface area contributed by atoms with Crippen LogP contribution in [0.15, 0.2) is 29.1 Å². The first-order valence-corrected chi connectivity index (χ1v) is 4.98. The maximum Gasteiger partial charge on any atom is 0.417 e. The van der Waals surface area contributed by atoms with Gasteiger partial charge in [0.2, 0.25) is 0 Å². The van der Waals surface area contributed by atoms with Crippen LogP contribution in [-0.2, 0) is 6.18 Å². The molecule has 0 amide bonds. The van der Waals surface area contributed by atoms with Crippen molar-refractivity contribution in [2.24, 2.45) is 0 Å². The van der Waals surface area contributed by atoms with Gasteiger partial charge in [-0.3, -0.25) is 9.78 Å². The van der Waals surface area contributed by atoms with E-state index in [1.165, 1.54) is 18.2 Å². The highest BCUT2D eigenvalue weighted by atomic mass is 32.1. The number of nitrogens with one attached hydrogen (secondary N) is 1. The van der Waals surface area contributed by atoms with E-state index in [2.05, 4.69) is 9.36 Å². The number of rotatable bonds is 1. The summed E-state index contributed by atoms with van der Waals surface area (Å²) in [5, 5.41) is 0. The van der Waals surface area contributed by atoms with Gasteiger partial charge in [-0.2, -0.15) is 17.5 Å². The minimum Gasteiger partial charge on any atom is -0.296 e. The van der Waals surface area contributed by atoms with Crippen LogP contribution < -0.4 is 4.87 Å². The molecule has 0 saturated heterocycles. The topological polar surface area (TPSA) is 45.8 Å². The quantitative estimate of drug-likeness (QED) is 0.840. The predicted molar refractivity (Wildman–Crippen MR) is 53.2 cm³/mol. The Labute approximate surface area is 91.7 Å². The highest BCUT2D eigenvalue weighted by Crippen LogP contribution is 2.35. The summed E-state index contributed by atoms with van der Waals surface area (Å²) in [5.41, 5.74) is -0.926. The highest BCUT2D eigenvalue weighted by Gasteiger charge is 2.33. The minimum absolute atomic E-state index is 0.0528. The summed E-state index contributed by atoms with van der Waals surface area (Å²) in [4.78, 5) is 12.6. The summed E-state index contributed by atoms with van der Waals surface area (Å²) >= 11 is 0.590. The molecular weight excluding hydrogens is 241 g/mol. The lowest BCUT2D eigenvalue weighted by molar-refractivity contribution is -0.137. The Morgan fingerprint density at radius 1 is 1.25 bits per heavy atom. The van der Waals surface area contributed by atoms with Crippen LogP contribution in [0.1, 0.15) is 5.56 Å². The molecule has 0 saturated carbocycles. The maximum atomic E-state index is 12.6. The summed E-state index contributed by atoms with van der Waals surface area (Å²) in [6.07, 6.45) is -4.46. The van der Waals surface area contributed by atoms with Crippen LogP contribution in [0.3, 0.4) is 0 Å². The molecule has 1 N–H and O–H groups in total. The Kier molecular flexibility index (Phi) is 2.55. The van der Waals surface area contributed by atoms with Crippen molar-refractivity contribution in [3.63, 3.8) is 0 Å². The zero-order valence-electron chi connectivity index (χ0n) is 7.71. The number of halogens is 3. The molecule has 0 spiro atoms. The molecule has 0 aliphatic rings. The summed E-state index contributed by atoms with van der Waals surface area (Å²) in [6, 6.07) is 4.97. The first kappa shape index (κ1) is 10.9. The van der Waals surface area contributed by atoms with Crippen molar-refractivity contribution in [3.8, 4) is 11.4 Å². The molecular formula is C9H5F3N2OS. The Morgan fingerprint density at radius 3 is 2.50 bits per heavy atom. The number of hydrogen-bond acceptors (Lipinski definition) is 3. The van der Waals surface area contributed by atoms with E-state index in [4.69, 9.17) is 0 Å². The van der Waals surface area contributed by atoms with Gasteiger partial charge in [0.1, 0.15) is 0 Å². The Bertz CT molecular complexity index is 558. The van der Waals surface area contributed by atoms with E-state index >= 15 is 0 Å². The average molecular weight is 246 g/mol. The molecule has 1 aromatic heterocycles. The van der Waals surface area contributed by atoms with Crippen LogP contribution in [-0.4, -0.2) is 9.36 Å². The Morgan fingerprint density at radius 2 is 1.94 bits per heavy atom. The van der Waals surface area contributed by atoms with Crippen molar-refractivity contribution in [2.45, 2.75) is 6.18 Å². The summed E-state index contributed by atoms with van der Waals surface area (Å²) in [7, 11) is 0. The number of aromatic amines is 1. The minimum atomic E-state index is -4.46. The van der Waals surface area contributed by atoms with Gasteiger partial charge in [0.25, 0.3) is 0 Å². The van der Waals surface area contributed by atoms with Gasteiger partial charge in [-0.1, -0.05) is 18.2 Å². The standard InChI is InChI=1S/C9H5F3N2OS/c10-9(11,12)6-4-2-1-3-5(6)7-13-8(15)16-14-7/h1-4H,(H,13,14,15). The summed E-state index contributed by atoms with van der Waals surface area (Å²) in [6.45, 7) is 0. The van der Waals surface area contributed by atoms with E-state index in [-0.39, 0.29) is 11.4 Å². The largest absolute Gasteiger partial charge is 0.417 e. The number of hydrogen-bond donors (Lipinski definition) is 1. The second-order valence-corrected chi connectivity index (χ2v) is 3.72. The van der Waals surface area contributed by atoms with E-state index in [1.807, 2.05) is 0 Å². The van der Waals surface area contributed by atoms with Crippen LogP contribution in [0.5, 0.6) is 0 Å². The number of H-pyrrole nitrogens is 1. The van der Waals surface area contributed by atoms with Gasteiger partial charge in [-0.05, 0) is 6.07 Å². The van der Waals surface area contributed by atoms with Crippen molar-refractivity contribution in [1.29, 1.82) is 0 Å². The summed E-state index contributed by atoms with van der Waals surface area (Å²) < 4.78 is 41.5. The highest BCUT2D eigenvalue weighted by molar-refractivity contribution is 7.03. The first-order chi connectivity index (χ1) is 7.48. The van der Waals surface area contributed by atoms with Crippen molar-refractivity contribution in [3.05, 3.63) is 39.5 Å². The van der Waals surface area contributed by atoms with E-state index in [9.17, 15) is 18.0 Å². The van der Waals surface area contributed by atoms with Gasteiger partial charge < -0.3 is 0 Å². The van der Waals surface area contributed by atoms with Gasteiger partial charge in [0.05, 0.1) is 5.56 Å². The van der Waals surface area contributed by atoms with E-state index < -0.39 is 16.6 Å². The third kappa shape index (κ3) is 1.99. The number of nitrogens with zero attached hydrogens (tertiary/aromatic N) is 1. The normalized spacial score (nSPS) is 11.7. The first-order valence-electron chi connectivity index (χ1n) is 4.21. The molecule has 1 aromatic carbocycles. The van der Waals surface area contributed by atoms with Crippen LogP contribution in [0.4, 0.5) is 13.2 Å². The van der Waals surface area contributed by atoms with Crippen LogP contribution in [0.2, 0.25) is 0 Å². The van der Waals surface area contributed by atoms with Gasteiger partial charge in [-0.25, -0.2) is 0 Å². The third-order valence-electron chi connectivity index (χ3n) is 1.93. The number of alkyl halides is 3. The maximum absolute atomic E-state index is 12.6. The fourth-order valence-electron chi connectivity index (χ4n) is 1.28. The predicted octanol–water partition coefficient (Wildman–Crippen LogP) is 2.52. The Hall–Kier alpha value is -1.63. The smallest absolute Gasteiger partial charge is 0.296 e. The molecule has 0 unspecified atom stereocenters. The lowest BCUT2D eigenvalue weighted by Crippen LogP contribution is -2.07. The van der Waals surface area contributed by atoms with Crippen LogP contribution in [0.25, 0.3) is 11.4 Å². The second-order valence-electron chi connectivity index (χ2n) is 2.99. The number of benzene rings is 1. The van der Waals surface area contributed by atoms with Gasteiger partial charge in [0, 0.05) is 17.1 Å². The molecule has 1 heterocycles. The van der Waals surface area contributed by atoms with Crippen LogP contribution >= 0.6 is 11.5 Å². The molecule has 2 aromatic rings. The van der Waals surface area contributed by atoms with E-state index in [0.29, 0.717) is 11.5 Å². The molecule has 0 fully saturated rings. The van der Waals surface area contributed by atoms with Gasteiger partial charge in [0.15, 0.2) is 5.82 Å². The SMILES string of the molecule is O=c1[nH]c(-c2ccccc2C(F)(F)F)ns1. The molecule has 3 nitrogen and oxygen atoms in total. The molecule has 0 aliphatic heterocycles. The van der Waals surface area contributed by atoms with Gasteiger partial charge in [-0.15, -0.1) is 0 Å². The average Bonchev–Trinajstić information content (AvgIpc) is 2.64. The zero-order chi connectivity index (χ0) is 11.8. The van der Waals surface area contributed by atoms with Crippen LogP contribution in [0, 0.1) is 0 Å². The fraction of sp³-hybridized carbons (Fsp3) is 0.111. The fourth-order valence-corrected chi connectivity index (χ4v) is 1.74.